The molecule has 0 amide bonds. The minimum Gasteiger partial charge on any atom is -0.393 e. The normalized spacial score (nSPS) is 53.4. The molecule has 0 aromatic heterocycles. The van der Waals surface area contributed by atoms with E-state index in [1.165, 1.54) is 6.92 Å². The Bertz CT molecular complexity index is 696. The Labute approximate surface area is 156 Å². The first-order valence-corrected chi connectivity index (χ1v) is 10.2. The third kappa shape index (κ3) is 2.03. The Kier molecular flexibility index (Phi) is 3.89. The van der Waals surface area contributed by atoms with Crippen LogP contribution in [0.25, 0.3) is 0 Å². The standard InChI is InChI=1S/C22H32O4/c1-12-9-17-16-6-5-14-10-15(24)7-8-20(14,3)19(16)18(25)11-21(17,4)22(12,26)13(2)23/h9,14-17,19,24,26H,5-8,10-11H2,1-4H3/t14?,15?,16-,17-,19+,20-,21-,22-/m0/s1. The number of allylic oxidation sites excluding steroid dienone is 1. The van der Waals surface area contributed by atoms with Gasteiger partial charge in [0.05, 0.1) is 6.10 Å². The van der Waals surface area contributed by atoms with Gasteiger partial charge in [-0.15, -0.1) is 0 Å². The summed E-state index contributed by atoms with van der Waals surface area (Å²) in [5.41, 5.74) is -1.58. The van der Waals surface area contributed by atoms with Crippen LogP contribution in [-0.4, -0.2) is 33.5 Å². The zero-order chi connectivity index (χ0) is 19.1. The first-order chi connectivity index (χ1) is 12.1. The van der Waals surface area contributed by atoms with Gasteiger partial charge < -0.3 is 10.2 Å². The highest BCUT2D eigenvalue weighted by molar-refractivity contribution is 5.93. The molecule has 0 heterocycles. The van der Waals surface area contributed by atoms with Gasteiger partial charge in [0.2, 0.25) is 0 Å². The number of rotatable bonds is 1. The molecule has 8 atom stereocenters. The van der Waals surface area contributed by atoms with Crippen LogP contribution in [0.5, 0.6) is 0 Å². The van der Waals surface area contributed by atoms with Crippen molar-refractivity contribution < 1.29 is 19.8 Å². The van der Waals surface area contributed by atoms with Crippen LogP contribution in [0.4, 0.5) is 0 Å². The number of carbonyl (C=O) groups is 2. The molecule has 4 rings (SSSR count). The van der Waals surface area contributed by atoms with Crippen LogP contribution < -0.4 is 0 Å². The van der Waals surface area contributed by atoms with E-state index >= 15 is 0 Å². The molecule has 0 aliphatic heterocycles. The van der Waals surface area contributed by atoms with Crippen LogP contribution in [0.1, 0.15) is 66.2 Å². The third-order valence-electron chi connectivity index (χ3n) is 8.91. The van der Waals surface area contributed by atoms with Crippen LogP contribution in [0.15, 0.2) is 11.6 Å². The van der Waals surface area contributed by atoms with Crippen molar-refractivity contribution in [1.82, 2.24) is 0 Å². The van der Waals surface area contributed by atoms with E-state index < -0.39 is 11.0 Å². The fourth-order valence-corrected chi connectivity index (χ4v) is 7.56. The molecule has 0 bridgehead atoms. The second-order valence-electron chi connectivity index (χ2n) is 10.1. The molecular weight excluding hydrogens is 328 g/mol. The fourth-order valence-electron chi connectivity index (χ4n) is 7.56. The van der Waals surface area contributed by atoms with Crippen molar-refractivity contribution in [3.63, 3.8) is 0 Å². The van der Waals surface area contributed by atoms with E-state index in [0.29, 0.717) is 5.92 Å². The van der Waals surface area contributed by atoms with E-state index in [0.717, 1.165) is 37.7 Å². The van der Waals surface area contributed by atoms with Gasteiger partial charge in [-0.1, -0.05) is 19.9 Å². The Morgan fingerprint density at radius 2 is 1.92 bits per heavy atom. The topological polar surface area (TPSA) is 74.6 Å². The average molecular weight is 360 g/mol. The van der Waals surface area contributed by atoms with Gasteiger partial charge in [0.15, 0.2) is 5.78 Å². The molecule has 3 saturated carbocycles. The minimum absolute atomic E-state index is 0.00909. The first-order valence-electron chi connectivity index (χ1n) is 10.2. The maximum absolute atomic E-state index is 13.4. The predicted octanol–water partition coefficient (Wildman–Crippen LogP) is 3.06. The van der Waals surface area contributed by atoms with Crippen molar-refractivity contribution in [3.8, 4) is 0 Å². The summed E-state index contributed by atoms with van der Waals surface area (Å²) >= 11 is 0. The van der Waals surface area contributed by atoms with Gasteiger partial charge in [-0.05, 0) is 74.7 Å². The van der Waals surface area contributed by atoms with Gasteiger partial charge >= 0.3 is 0 Å². The fraction of sp³-hybridized carbons (Fsp3) is 0.818. The maximum Gasteiger partial charge on any atom is 0.166 e. The number of aliphatic hydroxyl groups excluding tert-OH is 1. The third-order valence-corrected chi connectivity index (χ3v) is 8.91. The van der Waals surface area contributed by atoms with Gasteiger partial charge in [-0.3, -0.25) is 9.59 Å². The molecule has 144 valence electrons. The molecule has 26 heavy (non-hydrogen) atoms. The minimum atomic E-state index is -1.52. The van der Waals surface area contributed by atoms with Crippen LogP contribution >= 0.6 is 0 Å². The Morgan fingerprint density at radius 1 is 1.23 bits per heavy atom. The number of fused-ring (bicyclic) bond motifs is 5. The summed E-state index contributed by atoms with van der Waals surface area (Å²) < 4.78 is 0. The highest BCUT2D eigenvalue weighted by Gasteiger charge is 2.68. The highest BCUT2D eigenvalue weighted by atomic mass is 16.3. The zero-order valence-corrected chi connectivity index (χ0v) is 16.4. The van der Waals surface area contributed by atoms with Crippen molar-refractivity contribution in [2.75, 3.05) is 0 Å². The van der Waals surface area contributed by atoms with E-state index in [9.17, 15) is 19.8 Å². The molecule has 0 aromatic rings. The predicted molar refractivity (Wildman–Crippen MR) is 98.3 cm³/mol. The van der Waals surface area contributed by atoms with Crippen molar-refractivity contribution in [1.29, 1.82) is 0 Å². The lowest BCUT2D eigenvalue weighted by Crippen LogP contribution is -2.62. The number of ketones is 2. The van der Waals surface area contributed by atoms with Gasteiger partial charge in [0, 0.05) is 17.8 Å². The number of Topliss-reactive ketones (excluding diaryl/α,β-unsaturated/α-hetero) is 2. The SMILES string of the molecule is CC(=O)[C@@]1(O)C(C)=C[C@H]2[C@@H]3CCC4CC(O)CC[C@]4(C)[C@H]3C(=O)C[C@@]21C. The monoisotopic (exact) mass is 360 g/mol. The van der Waals surface area contributed by atoms with Crippen LogP contribution in [0.2, 0.25) is 0 Å². The van der Waals surface area contributed by atoms with E-state index in [4.69, 9.17) is 0 Å². The summed E-state index contributed by atoms with van der Waals surface area (Å²) in [6.45, 7) is 7.49. The van der Waals surface area contributed by atoms with E-state index in [2.05, 4.69) is 13.0 Å². The first kappa shape index (κ1) is 18.4. The number of carbonyl (C=O) groups excluding carboxylic acids is 2. The van der Waals surface area contributed by atoms with Gasteiger partial charge in [0.1, 0.15) is 11.4 Å². The molecule has 0 radical (unpaired) electrons. The Balaban J connectivity index is 1.76. The summed E-state index contributed by atoms with van der Waals surface area (Å²) in [4.78, 5) is 25.8. The molecule has 4 aliphatic rings. The number of hydrogen-bond donors (Lipinski definition) is 2. The van der Waals surface area contributed by atoms with Crippen molar-refractivity contribution >= 4 is 11.6 Å². The number of aliphatic hydroxyl groups is 2. The molecular formula is C22H32O4. The van der Waals surface area contributed by atoms with Crippen molar-refractivity contribution in [2.45, 2.75) is 77.9 Å². The van der Waals surface area contributed by atoms with Gasteiger partial charge in [-0.25, -0.2) is 0 Å². The van der Waals surface area contributed by atoms with E-state index in [1.807, 2.05) is 13.8 Å². The van der Waals surface area contributed by atoms with Gasteiger partial charge in [0.25, 0.3) is 0 Å². The van der Waals surface area contributed by atoms with E-state index in [1.54, 1.807) is 0 Å². The molecule has 0 aromatic carbocycles. The molecule has 0 saturated heterocycles. The largest absolute Gasteiger partial charge is 0.393 e. The average Bonchev–Trinajstić information content (AvgIpc) is 2.76. The van der Waals surface area contributed by atoms with E-state index in [-0.39, 0.29) is 47.3 Å². The summed E-state index contributed by atoms with van der Waals surface area (Å²) in [6.07, 6.45) is 6.60. The summed E-state index contributed by atoms with van der Waals surface area (Å²) in [7, 11) is 0. The highest BCUT2D eigenvalue weighted by Crippen LogP contribution is 2.66. The molecule has 0 spiro atoms. The summed E-state index contributed by atoms with van der Waals surface area (Å²) in [5, 5.41) is 21.4. The molecule has 4 aliphatic carbocycles. The van der Waals surface area contributed by atoms with Crippen LogP contribution in [0, 0.1) is 34.5 Å². The van der Waals surface area contributed by atoms with Crippen molar-refractivity contribution in [3.05, 3.63) is 11.6 Å². The second kappa shape index (κ2) is 5.51. The quantitative estimate of drug-likeness (QED) is 0.705. The lowest BCUT2D eigenvalue weighted by Gasteiger charge is -2.60. The maximum atomic E-state index is 13.4. The molecule has 2 unspecified atom stereocenters. The summed E-state index contributed by atoms with van der Waals surface area (Å²) in [5.74, 6) is 0.636. The molecule has 2 N–H and O–H groups in total. The lowest BCUT2D eigenvalue weighted by atomic mass is 9.43. The van der Waals surface area contributed by atoms with Crippen LogP contribution in [-0.2, 0) is 9.59 Å². The Hall–Kier alpha value is -1.00. The van der Waals surface area contributed by atoms with Gasteiger partial charge in [-0.2, -0.15) is 0 Å². The lowest BCUT2D eigenvalue weighted by molar-refractivity contribution is -0.175. The van der Waals surface area contributed by atoms with Crippen LogP contribution in [0.3, 0.4) is 0 Å². The Morgan fingerprint density at radius 3 is 2.58 bits per heavy atom. The molecule has 4 heteroatoms. The van der Waals surface area contributed by atoms with Crippen molar-refractivity contribution in [2.24, 2.45) is 34.5 Å². The molecule has 3 fully saturated rings. The number of hydrogen-bond acceptors (Lipinski definition) is 4. The smallest absolute Gasteiger partial charge is 0.166 e. The summed E-state index contributed by atoms with van der Waals surface area (Å²) in [6, 6.07) is 0. The zero-order valence-electron chi connectivity index (χ0n) is 16.4. The molecule has 4 nitrogen and oxygen atoms in total. The second-order valence-corrected chi connectivity index (χ2v) is 10.1.